The van der Waals surface area contributed by atoms with Crippen molar-refractivity contribution in [3.05, 3.63) is 53.6 Å². The molecule has 7 heteroatoms. The third kappa shape index (κ3) is 3.49. The van der Waals surface area contributed by atoms with Crippen LogP contribution in [0.1, 0.15) is 23.2 Å². The maximum atomic E-state index is 12.3. The van der Waals surface area contributed by atoms with Crippen molar-refractivity contribution in [3.63, 3.8) is 0 Å². The van der Waals surface area contributed by atoms with Gasteiger partial charge in [-0.2, -0.15) is 0 Å². The van der Waals surface area contributed by atoms with Gasteiger partial charge in [-0.3, -0.25) is 9.59 Å². The number of carbonyl (C=O) groups excluding carboxylic acids is 2. The average molecular weight is 307 g/mol. The zero-order valence-electron chi connectivity index (χ0n) is 12.1. The van der Waals surface area contributed by atoms with Gasteiger partial charge in [0, 0.05) is 17.7 Å². The fourth-order valence-corrected chi connectivity index (χ4v) is 1.99. The molecule has 2 heterocycles. The molecule has 0 atom stereocenters. The van der Waals surface area contributed by atoms with Crippen LogP contribution in [-0.2, 0) is 4.79 Å². The van der Waals surface area contributed by atoms with E-state index in [4.69, 9.17) is 6.57 Å². The molecule has 1 saturated carbocycles. The van der Waals surface area contributed by atoms with E-state index in [-0.39, 0.29) is 17.6 Å². The Bertz CT molecular complexity index is 808. The molecule has 2 aromatic rings. The van der Waals surface area contributed by atoms with Crippen LogP contribution < -0.4 is 10.6 Å². The number of aromatic nitrogens is 2. The molecule has 1 aliphatic rings. The number of amides is 2. The largest absolute Gasteiger partial charge is 0.359 e. The Hall–Kier alpha value is -3.27. The zero-order valence-corrected chi connectivity index (χ0v) is 12.1. The van der Waals surface area contributed by atoms with E-state index in [9.17, 15) is 9.59 Å². The maximum Gasteiger partial charge on any atom is 0.293 e. The Morgan fingerprint density at radius 2 is 2.00 bits per heavy atom. The summed E-state index contributed by atoms with van der Waals surface area (Å²) < 4.78 is 0. The number of nitrogens with zero attached hydrogens (tertiary/aromatic N) is 3. The predicted molar refractivity (Wildman–Crippen MR) is 84.0 cm³/mol. The number of anilines is 2. The third-order valence-electron chi connectivity index (χ3n) is 3.36. The van der Waals surface area contributed by atoms with Crippen LogP contribution in [0.25, 0.3) is 4.85 Å². The van der Waals surface area contributed by atoms with Crippen molar-refractivity contribution < 1.29 is 9.59 Å². The highest BCUT2D eigenvalue weighted by atomic mass is 16.2. The Labute approximate surface area is 132 Å². The van der Waals surface area contributed by atoms with E-state index in [1.54, 1.807) is 12.1 Å². The van der Waals surface area contributed by atoms with Gasteiger partial charge in [-0.15, -0.1) is 4.98 Å². The summed E-state index contributed by atoms with van der Waals surface area (Å²) in [6.07, 6.45) is 4.73. The van der Waals surface area contributed by atoms with Crippen LogP contribution >= 0.6 is 0 Å². The molecule has 114 valence electrons. The summed E-state index contributed by atoms with van der Waals surface area (Å²) in [5, 5.41) is 5.33. The minimum absolute atomic E-state index is 0.0610. The van der Waals surface area contributed by atoms with E-state index in [0.717, 1.165) is 12.8 Å². The number of hydrogen-bond donors (Lipinski definition) is 2. The smallest absolute Gasteiger partial charge is 0.293 e. The minimum Gasteiger partial charge on any atom is -0.359 e. The van der Waals surface area contributed by atoms with Crippen LogP contribution in [0.15, 0.2) is 36.7 Å². The molecule has 1 aliphatic carbocycles. The van der Waals surface area contributed by atoms with Gasteiger partial charge in [-0.1, -0.05) is 6.57 Å². The van der Waals surface area contributed by atoms with Crippen LogP contribution in [0.4, 0.5) is 17.3 Å². The lowest BCUT2D eigenvalue weighted by molar-refractivity contribution is -0.117. The molecule has 1 fully saturated rings. The first-order valence-electron chi connectivity index (χ1n) is 7.08. The van der Waals surface area contributed by atoms with Crippen molar-refractivity contribution in [3.8, 4) is 0 Å². The fourth-order valence-electron chi connectivity index (χ4n) is 1.99. The van der Waals surface area contributed by atoms with Crippen molar-refractivity contribution in [1.82, 2.24) is 9.97 Å². The molecule has 0 radical (unpaired) electrons. The summed E-state index contributed by atoms with van der Waals surface area (Å²) in [5.41, 5.74) is 0.679. The predicted octanol–water partition coefficient (Wildman–Crippen LogP) is 2.63. The van der Waals surface area contributed by atoms with Crippen LogP contribution in [0.5, 0.6) is 0 Å². The first-order valence-corrected chi connectivity index (χ1v) is 7.08. The summed E-state index contributed by atoms with van der Waals surface area (Å²) in [6.45, 7) is 7.04. The summed E-state index contributed by atoms with van der Waals surface area (Å²) in [6, 6.07) is 6.28. The highest BCUT2D eigenvalue weighted by Crippen LogP contribution is 2.30. The van der Waals surface area contributed by atoms with E-state index in [2.05, 4.69) is 25.4 Å². The second-order valence-electron chi connectivity index (χ2n) is 5.13. The van der Waals surface area contributed by atoms with Crippen molar-refractivity contribution in [2.24, 2.45) is 5.92 Å². The van der Waals surface area contributed by atoms with E-state index in [1.807, 2.05) is 0 Å². The van der Waals surface area contributed by atoms with E-state index in [1.165, 1.54) is 24.5 Å². The van der Waals surface area contributed by atoms with Crippen molar-refractivity contribution in [1.29, 1.82) is 0 Å². The molecular weight excluding hydrogens is 294 g/mol. The number of carbonyl (C=O) groups is 2. The molecule has 2 amide bonds. The van der Waals surface area contributed by atoms with Crippen LogP contribution in [-0.4, -0.2) is 21.8 Å². The van der Waals surface area contributed by atoms with Crippen molar-refractivity contribution in [2.45, 2.75) is 12.8 Å². The van der Waals surface area contributed by atoms with Crippen LogP contribution in [0, 0.1) is 12.5 Å². The summed E-state index contributed by atoms with van der Waals surface area (Å²) in [7, 11) is 0. The zero-order chi connectivity index (χ0) is 16.2. The average Bonchev–Trinajstić information content (AvgIpc) is 3.40. The molecular formula is C16H13N5O2. The number of hydrogen-bond acceptors (Lipinski definition) is 4. The van der Waals surface area contributed by atoms with Gasteiger partial charge in [-0.05, 0) is 37.1 Å². The second kappa shape index (κ2) is 6.23. The van der Waals surface area contributed by atoms with E-state index in [0.29, 0.717) is 17.1 Å². The molecule has 3 rings (SSSR count). The molecule has 0 bridgehead atoms. The summed E-state index contributed by atoms with van der Waals surface area (Å²) >= 11 is 0. The van der Waals surface area contributed by atoms with Gasteiger partial charge in [0.2, 0.25) is 5.91 Å². The summed E-state index contributed by atoms with van der Waals surface area (Å²) in [4.78, 5) is 35.2. The third-order valence-corrected chi connectivity index (χ3v) is 3.36. The van der Waals surface area contributed by atoms with Gasteiger partial charge >= 0.3 is 0 Å². The lowest BCUT2D eigenvalue weighted by Gasteiger charge is -2.08. The highest BCUT2D eigenvalue weighted by molar-refractivity contribution is 6.06. The van der Waals surface area contributed by atoms with Gasteiger partial charge in [0.1, 0.15) is 12.0 Å². The molecule has 23 heavy (non-hydrogen) atoms. The monoisotopic (exact) mass is 307 g/mol. The van der Waals surface area contributed by atoms with Gasteiger partial charge in [0.15, 0.2) is 0 Å². The van der Waals surface area contributed by atoms with E-state index >= 15 is 0 Å². The Kier molecular flexibility index (Phi) is 3.97. The van der Waals surface area contributed by atoms with Gasteiger partial charge in [0.05, 0.1) is 5.69 Å². The fraction of sp³-hybridized carbons (Fsp3) is 0.188. The van der Waals surface area contributed by atoms with Gasteiger partial charge < -0.3 is 15.5 Å². The topological polar surface area (TPSA) is 88.3 Å². The first kappa shape index (κ1) is 14.7. The lowest BCUT2D eigenvalue weighted by atomic mass is 10.2. The first-order chi connectivity index (χ1) is 11.2. The molecule has 0 aromatic carbocycles. The normalized spacial score (nSPS) is 13.0. The maximum absolute atomic E-state index is 12.3. The minimum atomic E-state index is -0.396. The van der Waals surface area contributed by atoms with Crippen molar-refractivity contribution >= 4 is 29.1 Å². The molecule has 0 aliphatic heterocycles. The Morgan fingerprint density at radius 1 is 1.17 bits per heavy atom. The van der Waals surface area contributed by atoms with Crippen LogP contribution in [0.2, 0.25) is 0 Å². The lowest BCUT2D eigenvalue weighted by Crippen LogP contribution is -2.16. The highest BCUT2D eigenvalue weighted by Gasteiger charge is 2.29. The van der Waals surface area contributed by atoms with Gasteiger partial charge in [-0.25, -0.2) is 4.98 Å². The molecule has 0 spiro atoms. The molecule has 2 aromatic heterocycles. The number of rotatable bonds is 4. The standard InChI is InChI=1S/C16H13N5O2/c1-17-14-12(3-2-7-19-14)20-16(23)11-6-8-18-13(9-11)21-15(22)10-4-5-10/h2-3,6-10H,4-5H2,(H,20,23)(H,18,21,22). The second-order valence-corrected chi connectivity index (χ2v) is 5.13. The van der Waals surface area contributed by atoms with Crippen molar-refractivity contribution in [2.75, 3.05) is 10.6 Å². The SMILES string of the molecule is [C-]#[N+]c1ncccc1NC(=O)c1ccnc(NC(=O)C2CC2)c1. The van der Waals surface area contributed by atoms with Crippen LogP contribution in [0.3, 0.4) is 0 Å². The molecule has 0 saturated heterocycles. The Balaban J connectivity index is 1.74. The quantitative estimate of drug-likeness (QED) is 0.850. The van der Waals surface area contributed by atoms with E-state index < -0.39 is 5.91 Å². The summed E-state index contributed by atoms with van der Waals surface area (Å²) in [5.74, 6) is 0.0547. The molecule has 0 unspecified atom stereocenters. The molecule has 2 N–H and O–H groups in total. The number of nitrogens with one attached hydrogen (secondary N) is 2. The number of pyridine rings is 2. The Morgan fingerprint density at radius 3 is 2.74 bits per heavy atom. The molecule has 7 nitrogen and oxygen atoms in total. The van der Waals surface area contributed by atoms with Gasteiger partial charge in [0.25, 0.3) is 11.7 Å².